The number of methoxy groups -OCH3 is 1. The van der Waals surface area contributed by atoms with Gasteiger partial charge in [-0.1, -0.05) is 41.0 Å². The fourth-order valence-corrected chi connectivity index (χ4v) is 1.35. The number of unbranched alkanes of at least 4 members (excludes halogenated alkanes) is 1. The summed E-state index contributed by atoms with van der Waals surface area (Å²) >= 11 is 0. The Kier molecular flexibility index (Phi) is 9.66. The predicted octanol–water partition coefficient (Wildman–Crippen LogP) is 3.18. The van der Waals surface area contributed by atoms with Crippen LogP contribution in [0.15, 0.2) is 0 Å². The van der Waals surface area contributed by atoms with Gasteiger partial charge in [-0.05, 0) is 6.42 Å². The lowest BCUT2D eigenvalue weighted by molar-refractivity contribution is 0.287. The van der Waals surface area contributed by atoms with Gasteiger partial charge in [-0.15, -0.1) is 0 Å². The normalized spacial score (nSPS) is 9.24. The zero-order valence-electron chi connectivity index (χ0n) is 13.9. The molecule has 0 aliphatic heterocycles. The number of hydrogen-bond acceptors (Lipinski definition) is 6. The number of fused-ring (bicyclic) bond motifs is 1. The summed E-state index contributed by atoms with van der Waals surface area (Å²) in [6.45, 7) is 10.7. The van der Waals surface area contributed by atoms with E-state index in [9.17, 15) is 0 Å². The van der Waals surface area contributed by atoms with Crippen LogP contribution in [0, 0.1) is 0 Å². The van der Waals surface area contributed by atoms with Crippen LogP contribution in [-0.4, -0.2) is 33.7 Å². The number of hydrogen-bond donors (Lipinski definition) is 2. The highest BCUT2D eigenvalue weighted by molar-refractivity contribution is 5.82. The maximum Gasteiger partial charge on any atom is 0.320 e. The molecule has 0 saturated carbocycles. The van der Waals surface area contributed by atoms with Gasteiger partial charge in [0.1, 0.15) is 5.52 Å². The van der Waals surface area contributed by atoms with E-state index in [1.165, 1.54) is 7.11 Å². The minimum atomic E-state index is 0.248. The third-order valence-corrected chi connectivity index (χ3v) is 2.26. The van der Waals surface area contributed by atoms with E-state index in [0.29, 0.717) is 29.6 Å². The lowest BCUT2D eigenvalue weighted by atomic mass is 10.4. The van der Waals surface area contributed by atoms with Crippen molar-refractivity contribution in [3.63, 3.8) is 0 Å². The van der Waals surface area contributed by atoms with Gasteiger partial charge in [0.15, 0.2) is 11.5 Å². The standard InChI is InChI=1S/C10H15N5O2.2C2H6/c1-3-4-5-17-10-13-7(11)6-8(15-10)14-9(12-6)16-2;2*1-2/h3-5H2,1-2H3,(H3,11,12,13,14,15);2*1-2H3. The molecule has 2 rings (SSSR count). The van der Waals surface area contributed by atoms with E-state index < -0.39 is 0 Å². The molecule has 2 aromatic heterocycles. The molecule has 120 valence electrons. The Hall–Kier alpha value is -2.05. The fraction of sp³-hybridized carbons (Fsp3) is 0.643. The lowest BCUT2D eigenvalue weighted by Crippen LogP contribution is -2.03. The maximum absolute atomic E-state index is 5.77. The second-order valence-electron chi connectivity index (χ2n) is 3.54. The highest BCUT2D eigenvalue weighted by Crippen LogP contribution is 2.20. The first-order chi connectivity index (χ1) is 10.2. The molecule has 0 aromatic carbocycles. The molecule has 7 heteroatoms. The minimum absolute atomic E-state index is 0.248. The van der Waals surface area contributed by atoms with Crippen LogP contribution in [0.5, 0.6) is 12.0 Å². The monoisotopic (exact) mass is 297 g/mol. The van der Waals surface area contributed by atoms with Crippen molar-refractivity contribution in [2.24, 2.45) is 0 Å². The molecular formula is C14H27N5O2. The van der Waals surface area contributed by atoms with Crippen molar-refractivity contribution in [3.8, 4) is 12.0 Å². The number of imidazole rings is 1. The van der Waals surface area contributed by atoms with E-state index in [1.54, 1.807) is 0 Å². The number of rotatable bonds is 5. The summed E-state index contributed by atoms with van der Waals surface area (Å²) < 4.78 is 10.3. The molecule has 0 aliphatic rings. The summed E-state index contributed by atoms with van der Waals surface area (Å²) in [4.78, 5) is 15.1. The molecule has 0 atom stereocenters. The first-order valence-electron chi connectivity index (χ1n) is 7.44. The van der Waals surface area contributed by atoms with Gasteiger partial charge in [0, 0.05) is 0 Å². The SMILES string of the molecule is CC.CC.CCCCOc1nc(N)c2[nH]c(OC)nc2n1. The maximum atomic E-state index is 5.77. The fourth-order valence-electron chi connectivity index (χ4n) is 1.35. The molecule has 2 heterocycles. The van der Waals surface area contributed by atoms with Gasteiger partial charge in [-0.2, -0.15) is 15.0 Å². The average Bonchev–Trinajstić information content (AvgIpc) is 2.95. The van der Waals surface area contributed by atoms with Gasteiger partial charge in [0.25, 0.3) is 6.01 Å². The molecule has 0 saturated heterocycles. The van der Waals surface area contributed by atoms with Gasteiger partial charge in [0.2, 0.25) is 0 Å². The molecule has 0 radical (unpaired) electrons. The Morgan fingerprint density at radius 3 is 2.33 bits per heavy atom. The van der Waals surface area contributed by atoms with Gasteiger partial charge in [-0.3, -0.25) is 0 Å². The van der Waals surface area contributed by atoms with E-state index in [0.717, 1.165) is 12.8 Å². The number of nitrogens with two attached hydrogens (primary N) is 1. The molecule has 0 aliphatic carbocycles. The molecule has 0 unspecified atom stereocenters. The third kappa shape index (κ3) is 5.45. The van der Waals surface area contributed by atoms with Gasteiger partial charge < -0.3 is 20.2 Å². The number of aromatic nitrogens is 4. The topological polar surface area (TPSA) is 98.9 Å². The van der Waals surface area contributed by atoms with Crippen LogP contribution in [-0.2, 0) is 0 Å². The first kappa shape index (κ1) is 18.9. The van der Waals surface area contributed by atoms with Crippen molar-refractivity contribution in [2.75, 3.05) is 19.5 Å². The van der Waals surface area contributed by atoms with Crippen molar-refractivity contribution >= 4 is 17.0 Å². The first-order valence-corrected chi connectivity index (χ1v) is 7.44. The van der Waals surface area contributed by atoms with Crippen molar-refractivity contribution in [3.05, 3.63) is 0 Å². The zero-order valence-corrected chi connectivity index (χ0v) is 13.9. The van der Waals surface area contributed by atoms with Crippen molar-refractivity contribution < 1.29 is 9.47 Å². The summed E-state index contributed by atoms with van der Waals surface area (Å²) in [7, 11) is 1.51. The van der Waals surface area contributed by atoms with E-state index in [4.69, 9.17) is 15.2 Å². The van der Waals surface area contributed by atoms with Crippen LogP contribution in [0.25, 0.3) is 11.2 Å². The predicted molar refractivity (Wildman–Crippen MR) is 85.7 cm³/mol. The second kappa shape index (κ2) is 10.7. The van der Waals surface area contributed by atoms with Gasteiger partial charge >= 0.3 is 6.01 Å². The zero-order chi connectivity index (χ0) is 16.3. The van der Waals surface area contributed by atoms with Gasteiger partial charge in [-0.25, -0.2) is 0 Å². The quantitative estimate of drug-likeness (QED) is 0.822. The molecule has 0 spiro atoms. The van der Waals surface area contributed by atoms with Crippen molar-refractivity contribution in [2.45, 2.75) is 47.5 Å². The summed E-state index contributed by atoms with van der Waals surface area (Å²) in [6, 6.07) is 0.601. The molecule has 0 fully saturated rings. The van der Waals surface area contributed by atoms with Crippen LogP contribution in [0.2, 0.25) is 0 Å². The molecule has 2 aromatic rings. The van der Waals surface area contributed by atoms with E-state index in [-0.39, 0.29) is 6.01 Å². The summed E-state index contributed by atoms with van der Waals surface area (Å²) in [5.74, 6) is 0.303. The van der Waals surface area contributed by atoms with E-state index in [1.807, 2.05) is 27.7 Å². The number of nitrogen functional groups attached to an aromatic ring is 1. The molecule has 0 bridgehead atoms. The highest BCUT2D eigenvalue weighted by atomic mass is 16.5. The number of H-pyrrole nitrogens is 1. The molecular weight excluding hydrogens is 270 g/mol. The van der Waals surface area contributed by atoms with Crippen LogP contribution in [0.4, 0.5) is 5.82 Å². The van der Waals surface area contributed by atoms with E-state index >= 15 is 0 Å². The Balaban J connectivity index is 0.000000921. The summed E-state index contributed by atoms with van der Waals surface area (Å²) in [5.41, 5.74) is 6.78. The van der Waals surface area contributed by atoms with E-state index in [2.05, 4.69) is 26.9 Å². The van der Waals surface area contributed by atoms with Crippen molar-refractivity contribution in [1.29, 1.82) is 0 Å². The molecule has 0 amide bonds. The number of aromatic amines is 1. The Bertz CT molecular complexity index is 513. The Morgan fingerprint density at radius 1 is 1.10 bits per heavy atom. The summed E-state index contributed by atoms with van der Waals surface area (Å²) in [5, 5.41) is 0. The van der Waals surface area contributed by atoms with Crippen LogP contribution >= 0.6 is 0 Å². The minimum Gasteiger partial charge on any atom is -0.468 e. The van der Waals surface area contributed by atoms with Crippen molar-refractivity contribution in [1.82, 2.24) is 19.9 Å². The summed E-state index contributed by atoms with van der Waals surface area (Å²) in [6.07, 6.45) is 2.00. The van der Waals surface area contributed by atoms with Gasteiger partial charge in [0.05, 0.1) is 13.7 Å². The third-order valence-electron chi connectivity index (χ3n) is 2.26. The molecule has 7 nitrogen and oxygen atoms in total. The smallest absolute Gasteiger partial charge is 0.320 e. The van der Waals surface area contributed by atoms with Crippen LogP contribution < -0.4 is 15.2 Å². The largest absolute Gasteiger partial charge is 0.468 e. The number of anilines is 1. The number of nitrogens with zero attached hydrogens (tertiary/aromatic N) is 3. The Labute approximate surface area is 126 Å². The second-order valence-corrected chi connectivity index (χ2v) is 3.54. The lowest BCUT2D eigenvalue weighted by Gasteiger charge is -2.03. The number of nitrogens with one attached hydrogen (secondary N) is 1. The van der Waals surface area contributed by atoms with Crippen LogP contribution in [0.3, 0.4) is 0 Å². The van der Waals surface area contributed by atoms with Crippen LogP contribution in [0.1, 0.15) is 47.5 Å². The highest BCUT2D eigenvalue weighted by Gasteiger charge is 2.11. The molecule has 3 N–H and O–H groups in total. The number of ether oxygens (including phenoxy) is 2. The Morgan fingerprint density at radius 2 is 1.76 bits per heavy atom. The molecule has 21 heavy (non-hydrogen) atoms. The average molecular weight is 297 g/mol.